The number of nitriles is 2. The van der Waals surface area contributed by atoms with Crippen LogP contribution in [0.5, 0.6) is 0 Å². The zero-order chi connectivity index (χ0) is 11.4. The molecule has 0 saturated carbocycles. The van der Waals surface area contributed by atoms with E-state index in [0.717, 1.165) is 0 Å². The van der Waals surface area contributed by atoms with Crippen LogP contribution in [-0.4, -0.2) is 27.1 Å². The molecule has 0 aliphatic rings. The highest BCUT2D eigenvalue weighted by atomic mass is 16.4. The molecule has 0 spiro atoms. The highest BCUT2D eigenvalue weighted by Gasteiger charge is 2.17. The molecule has 7 heteroatoms. The second-order valence-corrected chi connectivity index (χ2v) is 2.79. The van der Waals surface area contributed by atoms with Gasteiger partial charge in [-0.1, -0.05) is 0 Å². The quantitative estimate of drug-likeness (QED) is 0.584. The fourth-order valence-corrected chi connectivity index (χ4v) is 1.01. The van der Waals surface area contributed by atoms with Crippen LogP contribution >= 0.6 is 0 Å². The van der Waals surface area contributed by atoms with Gasteiger partial charge in [-0.2, -0.15) is 10.5 Å². The molecule has 0 aliphatic heterocycles. The van der Waals surface area contributed by atoms with E-state index >= 15 is 0 Å². The molecule has 15 heavy (non-hydrogen) atoms. The molecule has 0 unspecified atom stereocenters. The minimum Gasteiger partial charge on any atom is -0.480 e. The van der Waals surface area contributed by atoms with Crippen molar-refractivity contribution in [3.8, 4) is 12.1 Å². The van der Waals surface area contributed by atoms with Crippen LogP contribution in [0.15, 0.2) is 0 Å². The predicted octanol–water partition coefficient (Wildman–Crippen LogP) is -0.893. The maximum absolute atomic E-state index is 10.5. The van der Waals surface area contributed by atoms with Gasteiger partial charge in [0.15, 0.2) is 5.69 Å². The standard InChI is InChI=1S/C8H7N5O2/c9-2-6-5(1-4(11)8(14)15)12-7(3-10)13-6/h4H,1,11H2,(H,12,13)(H,14,15)/t4-/m0/s1. The Balaban J connectivity index is 2.95. The molecule has 1 aromatic heterocycles. The van der Waals surface area contributed by atoms with Crippen molar-refractivity contribution in [3.63, 3.8) is 0 Å². The summed E-state index contributed by atoms with van der Waals surface area (Å²) in [5.74, 6) is -1.20. The molecule has 1 heterocycles. The number of hydrogen-bond donors (Lipinski definition) is 3. The second kappa shape index (κ2) is 4.22. The largest absolute Gasteiger partial charge is 0.480 e. The van der Waals surface area contributed by atoms with Gasteiger partial charge in [-0.15, -0.1) is 0 Å². The van der Waals surface area contributed by atoms with Crippen molar-refractivity contribution in [3.05, 3.63) is 17.2 Å². The molecular weight excluding hydrogens is 198 g/mol. The van der Waals surface area contributed by atoms with Gasteiger partial charge >= 0.3 is 5.97 Å². The highest BCUT2D eigenvalue weighted by molar-refractivity contribution is 5.73. The molecule has 76 valence electrons. The topological polar surface area (TPSA) is 140 Å². The minimum atomic E-state index is -1.17. The number of carboxylic acids is 1. The van der Waals surface area contributed by atoms with Crippen molar-refractivity contribution in [2.24, 2.45) is 5.73 Å². The average Bonchev–Trinajstić information content (AvgIpc) is 2.60. The third-order valence-electron chi connectivity index (χ3n) is 1.73. The molecule has 0 aliphatic carbocycles. The van der Waals surface area contributed by atoms with Crippen molar-refractivity contribution < 1.29 is 9.90 Å². The van der Waals surface area contributed by atoms with Gasteiger partial charge in [0.1, 0.15) is 18.2 Å². The van der Waals surface area contributed by atoms with Crippen molar-refractivity contribution in [1.29, 1.82) is 10.5 Å². The molecule has 0 saturated heterocycles. The average molecular weight is 205 g/mol. The normalized spacial score (nSPS) is 11.4. The molecule has 0 bridgehead atoms. The van der Waals surface area contributed by atoms with E-state index in [0.29, 0.717) is 0 Å². The van der Waals surface area contributed by atoms with Gasteiger partial charge in [-0.25, -0.2) is 4.98 Å². The maximum atomic E-state index is 10.5. The fourth-order valence-electron chi connectivity index (χ4n) is 1.01. The second-order valence-electron chi connectivity index (χ2n) is 2.79. The van der Waals surface area contributed by atoms with E-state index in [1.165, 1.54) is 0 Å². The summed E-state index contributed by atoms with van der Waals surface area (Å²) in [7, 11) is 0. The molecule has 7 nitrogen and oxygen atoms in total. The van der Waals surface area contributed by atoms with Crippen LogP contribution in [0.1, 0.15) is 17.2 Å². The summed E-state index contributed by atoms with van der Waals surface area (Å²) in [5, 5.41) is 25.7. The van der Waals surface area contributed by atoms with Gasteiger partial charge in [0.25, 0.3) is 0 Å². The summed E-state index contributed by atoms with van der Waals surface area (Å²) >= 11 is 0. The van der Waals surface area contributed by atoms with E-state index in [1.54, 1.807) is 12.1 Å². The summed E-state index contributed by atoms with van der Waals surface area (Å²) in [5.41, 5.74) is 5.55. The molecular formula is C8H7N5O2. The number of imidazole rings is 1. The van der Waals surface area contributed by atoms with Crippen LogP contribution in [0.3, 0.4) is 0 Å². The Kier molecular flexibility index (Phi) is 3.01. The number of H-pyrrole nitrogens is 1. The van der Waals surface area contributed by atoms with Gasteiger partial charge in [-0.05, 0) is 0 Å². The molecule has 1 atom stereocenters. The molecule has 4 N–H and O–H groups in total. The Labute approximate surface area is 84.8 Å². The molecule has 0 aromatic carbocycles. The number of nitrogens with two attached hydrogens (primary N) is 1. The van der Waals surface area contributed by atoms with Crippen LogP contribution in [0.25, 0.3) is 0 Å². The predicted molar refractivity (Wildman–Crippen MR) is 47.3 cm³/mol. The third kappa shape index (κ3) is 2.30. The zero-order valence-electron chi connectivity index (χ0n) is 7.56. The van der Waals surface area contributed by atoms with E-state index in [-0.39, 0.29) is 23.6 Å². The van der Waals surface area contributed by atoms with Crippen molar-refractivity contribution >= 4 is 5.97 Å². The first kappa shape index (κ1) is 10.7. The minimum absolute atomic E-state index is 0.00301. The lowest BCUT2D eigenvalue weighted by molar-refractivity contribution is -0.138. The van der Waals surface area contributed by atoms with Gasteiger partial charge in [-0.3, -0.25) is 4.79 Å². The first-order valence-electron chi connectivity index (χ1n) is 3.96. The summed E-state index contributed by atoms with van der Waals surface area (Å²) < 4.78 is 0. The Morgan fingerprint density at radius 1 is 1.60 bits per heavy atom. The molecule has 1 aromatic rings. The number of aliphatic carboxylic acids is 1. The zero-order valence-corrected chi connectivity index (χ0v) is 7.56. The molecule has 0 amide bonds. The molecule has 0 fully saturated rings. The summed E-state index contributed by atoms with van der Waals surface area (Å²) in [4.78, 5) is 16.6. The Morgan fingerprint density at radius 2 is 2.27 bits per heavy atom. The molecule has 1 rings (SSSR count). The van der Waals surface area contributed by atoms with Crippen molar-refractivity contribution in [1.82, 2.24) is 9.97 Å². The van der Waals surface area contributed by atoms with Crippen LogP contribution in [0.2, 0.25) is 0 Å². The van der Waals surface area contributed by atoms with Crippen LogP contribution in [0, 0.1) is 22.7 Å². The lowest BCUT2D eigenvalue weighted by Gasteiger charge is -2.03. The first-order valence-corrected chi connectivity index (χ1v) is 3.96. The smallest absolute Gasteiger partial charge is 0.320 e. The number of nitrogens with zero attached hydrogens (tertiary/aromatic N) is 3. The summed E-state index contributed by atoms with van der Waals surface area (Å²) in [6, 6.07) is 2.35. The Bertz CT molecular complexity index is 464. The summed E-state index contributed by atoms with van der Waals surface area (Å²) in [6.45, 7) is 0. The number of aromatic nitrogens is 2. The van der Waals surface area contributed by atoms with Crippen molar-refractivity contribution in [2.75, 3.05) is 0 Å². The van der Waals surface area contributed by atoms with E-state index in [1.807, 2.05) is 0 Å². The van der Waals surface area contributed by atoms with Gasteiger partial charge < -0.3 is 15.8 Å². The lowest BCUT2D eigenvalue weighted by Crippen LogP contribution is -2.32. The highest BCUT2D eigenvalue weighted by Crippen LogP contribution is 2.06. The van der Waals surface area contributed by atoms with E-state index in [4.69, 9.17) is 21.4 Å². The fraction of sp³-hybridized carbons (Fsp3) is 0.250. The lowest BCUT2D eigenvalue weighted by atomic mass is 10.1. The number of aromatic amines is 1. The van der Waals surface area contributed by atoms with Crippen molar-refractivity contribution in [2.45, 2.75) is 12.5 Å². The number of nitrogens with one attached hydrogen (secondary N) is 1. The van der Waals surface area contributed by atoms with Crippen LogP contribution in [-0.2, 0) is 11.2 Å². The van der Waals surface area contributed by atoms with Gasteiger partial charge in [0, 0.05) is 6.42 Å². The first-order chi connectivity index (χ1) is 7.08. The van der Waals surface area contributed by atoms with Crippen LogP contribution < -0.4 is 5.73 Å². The third-order valence-corrected chi connectivity index (χ3v) is 1.73. The van der Waals surface area contributed by atoms with E-state index < -0.39 is 12.0 Å². The molecule has 0 radical (unpaired) electrons. The number of rotatable bonds is 3. The number of carbonyl (C=O) groups is 1. The van der Waals surface area contributed by atoms with Crippen LogP contribution in [0.4, 0.5) is 0 Å². The number of hydrogen-bond acceptors (Lipinski definition) is 5. The van der Waals surface area contributed by atoms with Gasteiger partial charge in [0.05, 0.1) is 5.69 Å². The van der Waals surface area contributed by atoms with Gasteiger partial charge in [0.2, 0.25) is 5.82 Å². The van der Waals surface area contributed by atoms with E-state index in [2.05, 4.69) is 9.97 Å². The summed E-state index contributed by atoms with van der Waals surface area (Å²) in [6.07, 6.45) is -0.0626. The maximum Gasteiger partial charge on any atom is 0.320 e. The monoisotopic (exact) mass is 205 g/mol. The van der Waals surface area contributed by atoms with E-state index in [9.17, 15) is 4.79 Å². The SMILES string of the molecule is N#Cc1nc(C#N)c(C[C@H](N)C(=O)O)[nH]1. The number of carboxylic acid groups (broad SMARTS) is 1. The Hall–Kier alpha value is -2.38. The Morgan fingerprint density at radius 3 is 2.73 bits per heavy atom.